The van der Waals surface area contributed by atoms with Gasteiger partial charge in [0.15, 0.2) is 5.82 Å². The zero-order valence-electron chi connectivity index (χ0n) is 21.5. The Hall–Kier alpha value is -4.33. The first kappa shape index (κ1) is 28.2. The maximum absolute atomic E-state index is 13.5. The molecule has 1 aromatic carbocycles. The van der Waals surface area contributed by atoms with Crippen LogP contribution in [0.3, 0.4) is 0 Å². The highest BCUT2D eigenvalue weighted by Crippen LogP contribution is 2.37. The van der Waals surface area contributed by atoms with Crippen LogP contribution in [0.5, 0.6) is 11.5 Å². The number of H-pyrrole nitrogens is 1. The van der Waals surface area contributed by atoms with Crippen LogP contribution in [0.15, 0.2) is 63.2 Å². The molecule has 202 valence electrons. The summed E-state index contributed by atoms with van der Waals surface area (Å²) < 4.78 is 55.0. The lowest BCUT2D eigenvalue weighted by molar-refractivity contribution is 0.391. The summed E-state index contributed by atoms with van der Waals surface area (Å²) in [5.41, 5.74) is 0.164. The van der Waals surface area contributed by atoms with Crippen LogP contribution in [0.1, 0.15) is 20.8 Å². The fourth-order valence-corrected chi connectivity index (χ4v) is 4.75. The van der Waals surface area contributed by atoms with Gasteiger partial charge in [0.25, 0.3) is 0 Å². The standard InChI is InChI=1S/C24H28FN7O5S/c1-14(25)13-27-22(26-4)15(2)16(3)38(34,35)31-24-30-29-23(17-9-7-12-20(33)28-17)32(24)21-18(36-5)10-8-11-19(21)37-6/h7-13,15-16H,4H2,1-3,5-6H3,(H,28,33)(H,30,31)/b14-13+,27-22?/t15-,16-/m0/s1. The van der Waals surface area contributed by atoms with Gasteiger partial charge in [-0.1, -0.05) is 19.1 Å². The quantitative estimate of drug-likeness (QED) is 0.293. The molecule has 0 spiro atoms. The second-order valence-corrected chi connectivity index (χ2v) is 10.2. The van der Waals surface area contributed by atoms with Crippen molar-refractivity contribution in [2.75, 3.05) is 18.9 Å². The second kappa shape index (κ2) is 11.8. The van der Waals surface area contributed by atoms with Crippen molar-refractivity contribution in [1.29, 1.82) is 0 Å². The number of anilines is 1. The number of allylic oxidation sites excluding steroid dienone is 1. The van der Waals surface area contributed by atoms with Gasteiger partial charge >= 0.3 is 0 Å². The van der Waals surface area contributed by atoms with Gasteiger partial charge in [0.2, 0.25) is 21.5 Å². The molecule has 0 saturated carbocycles. The first-order valence-corrected chi connectivity index (χ1v) is 12.8. The maximum Gasteiger partial charge on any atom is 0.248 e. The largest absolute Gasteiger partial charge is 0.494 e. The van der Waals surface area contributed by atoms with Crippen molar-refractivity contribution in [2.45, 2.75) is 26.0 Å². The molecule has 0 aliphatic carbocycles. The molecule has 0 aliphatic heterocycles. The van der Waals surface area contributed by atoms with Crippen LogP contribution in [0.2, 0.25) is 0 Å². The Morgan fingerprint density at radius 3 is 2.34 bits per heavy atom. The highest BCUT2D eigenvalue weighted by atomic mass is 32.2. The SMILES string of the molecule is C=NC(=N/C=C(\C)F)[C@@H](C)[C@H](C)S(=O)(=O)Nc1nnc(-c2cccc(=O)[nH]2)n1-c1c(OC)cccc1OC. The Balaban J connectivity index is 2.18. The van der Waals surface area contributed by atoms with Gasteiger partial charge in [-0.2, -0.15) is 0 Å². The molecule has 0 saturated heterocycles. The van der Waals surface area contributed by atoms with E-state index in [9.17, 15) is 17.6 Å². The number of methoxy groups -OCH3 is 2. The molecule has 0 unspecified atom stereocenters. The molecule has 14 heteroatoms. The number of nitrogens with zero attached hydrogens (tertiary/aromatic N) is 5. The average molecular weight is 546 g/mol. The van der Waals surface area contributed by atoms with Gasteiger partial charge < -0.3 is 14.5 Å². The van der Waals surface area contributed by atoms with E-state index in [2.05, 4.69) is 36.6 Å². The zero-order valence-corrected chi connectivity index (χ0v) is 22.3. The topological polar surface area (TPSA) is 153 Å². The van der Waals surface area contributed by atoms with E-state index in [1.807, 2.05) is 0 Å². The van der Waals surface area contributed by atoms with Crippen LogP contribution in [0.25, 0.3) is 17.2 Å². The third-order valence-electron chi connectivity index (χ3n) is 5.67. The highest BCUT2D eigenvalue weighted by Gasteiger charge is 2.32. The maximum atomic E-state index is 13.5. The molecule has 0 radical (unpaired) electrons. The number of aliphatic imine (C=N–C) groups is 2. The van der Waals surface area contributed by atoms with E-state index in [0.717, 1.165) is 6.20 Å². The fraction of sp³-hybridized carbons (Fsp3) is 0.292. The second-order valence-electron chi connectivity index (χ2n) is 8.12. The number of halogens is 1. The summed E-state index contributed by atoms with van der Waals surface area (Å²) in [6.07, 6.45) is 0.935. The summed E-state index contributed by atoms with van der Waals surface area (Å²) in [6.45, 7) is 7.64. The number of pyridine rings is 1. The van der Waals surface area contributed by atoms with Gasteiger partial charge in [-0.15, -0.1) is 10.2 Å². The van der Waals surface area contributed by atoms with E-state index in [-0.39, 0.29) is 23.3 Å². The predicted molar refractivity (Wildman–Crippen MR) is 144 cm³/mol. The van der Waals surface area contributed by atoms with Crippen LogP contribution in [-0.2, 0) is 10.0 Å². The molecule has 2 atom stereocenters. The van der Waals surface area contributed by atoms with Crippen molar-refractivity contribution in [3.8, 4) is 28.7 Å². The Morgan fingerprint density at radius 2 is 1.79 bits per heavy atom. The number of nitrogens with one attached hydrogen (secondary N) is 2. The monoisotopic (exact) mass is 545 g/mol. The van der Waals surface area contributed by atoms with Gasteiger partial charge in [0.05, 0.1) is 31.4 Å². The lowest BCUT2D eigenvalue weighted by Crippen LogP contribution is -2.35. The molecule has 0 aliphatic rings. The first-order chi connectivity index (χ1) is 18.0. The number of amidine groups is 1. The smallest absolute Gasteiger partial charge is 0.248 e. The van der Waals surface area contributed by atoms with Crippen molar-refractivity contribution in [1.82, 2.24) is 19.7 Å². The molecule has 2 N–H and O–H groups in total. The molecule has 2 heterocycles. The van der Waals surface area contributed by atoms with Gasteiger partial charge in [-0.05, 0) is 38.8 Å². The number of benzene rings is 1. The normalized spacial score (nSPS) is 14.1. The number of hydrogen-bond donors (Lipinski definition) is 2. The van der Waals surface area contributed by atoms with Crippen molar-refractivity contribution < 1.29 is 22.3 Å². The number of sulfonamides is 1. The number of hydrogen-bond acceptors (Lipinski definition) is 8. The van der Waals surface area contributed by atoms with Gasteiger partial charge in [0, 0.05) is 12.0 Å². The van der Waals surface area contributed by atoms with E-state index in [4.69, 9.17) is 9.47 Å². The van der Waals surface area contributed by atoms with E-state index in [1.165, 1.54) is 44.8 Å². The Bertz CT molecular complexity index is 1520. The number of ether oxygens (including phenoxy) is 2. The van der Waals surface area contributed by atoms with Crippen LogP contribution in [0, 0.1) is 5.92 Å². The van der Waals surface area contributed by atoms with Crippen LogP contribution in [0.4, 0.5) is 10.3 Å². The molecule has 3 aromatic rings. The fourth-order valence-electron chi connectivity index (χ4n) is 3.52. The Labute approximate surface area is 219 Å². The van der Waals surface area contributed by atoms with E-state index >= 15 is 0 Å². The zero-order chi connectivity index (χ0) is 28.0. The van der Waals surface area contributed by atoms with Crippen molar-refractivity contribution in [3.63, 3.8) is 0 Å². The number of aromatic nitrogens is 4. The predicted octanol–water partition coefficient (Wildman–Crippen LogP) is 3.34. The van der Waals surface area contributed by atoms with Crippen molar-refractivity contribution in [2.24, 2.45) is 15.9 Å². The average Bonchev–Trinajstić information content (AvgIpc) is 3.29. The molecule has 12 nitrogen and oxygen atoms in total. The minimum atomic E-state index is -4.16. The molecule has 2 aromatic heterocycles. The number of para-hydroxylation sites is 1. The minimum absolute atomic E-state index is 0.0373. The summed E-state index contributed by atoms with van der Waals surface area (Å²) in [7, 11) is -1.28. The van der Waals surface area contributed by atoms with Gasteiger partial charge in [0.1, 0.15) is 28.8 Å². The summed E-state index contributed by atoms with van der Waals surface area (Å²) in [6, 6.07) is 9.43. The number of rotatable bonds is 10. The lowest BCUT2D eigenvalue weighted by atomic mass is 10.1. The summed E-state index contributed by atoms with van der Waals surface area (Å²) in [5.74, 6) is -0.748. The summed E-state index contributed by atoms with van der Waals surface area (Å²) in [5, 5.41) is 7.10. The molecular weight excluding hydrogens is 517 g/mol. The molecule has 3 rings (SSSR count). The highest BCUT2D eigenvalue weighted by molar-refractivity contribution is 7.93. The first-order valence-electron chi connectivity index (χ1n) is 11.3. The third kappa shape index (κ3) is 5.96. The molecule has 0 amide bonds. The van der Waals surface area contributed by atoms with Gasteiger partial charge in [-0.3, -0.25) is 14.1 Å². The van der Waals surface area contributed by atoms with Crippen LogP contribution < -0.4 is 19.8 Å². The molecule has 0 fully saturated rings. The van der Waals surface area contributed by atoms with Crippen molar-refractivity contribution >= 4 is 28.5 Å². The summed E-state index contributed by atoms with van der Waals surface area (Å²) >= 11 is 0. The number of aromatic amines is 1. The molecule has 0 bridgehead atoms. The Kier molecular flexibility index (Phi) is 8.78. The van der Waals surface area contributed by atoms with E-state index in [0.29, 0.717) is 17.2 Å². The van der Waals surface area contributed by atoms with E-state index in [1.54, 1.807) is 31.2 Å². The molecular formula is C24H28FN7O5S. The Morgan fingerprint density at radius 1 is 1.16 bits per heavy atom. The summed E-state index contributed by atoms with van der Waals surface area (Å²) in [4.78, 5) is 22.3. The van der Waals surface area contributed by atoms with Crippen LogP contribution in [-0.4, -0.2) is 60.2 Å². The molecule has 38 heavy (non-hydrogen) atoms. The third-order valence-corrected chi connectivity index (χ3v) is 7.52. The van der Waals surface area contributed by atoms with Crippen LogP contribution >= 0.6 is 0 Å². The van der Waals surface area contributed by atoms with Gasteiger partial charge in [-0.25, -0.2) is 22.8 Å². The minimum Gasteiger partial charge on any atom is -0.494 e. The van der Waals surface area contributed by atoms with Crippen molar-refractivity contribution in [3.05, 3.63) is 58.8 Å². The van der Waals surface area contributed by atoms with E-state index < -0.39 is 32.6 Å². The lowest BCUT2D eigenvalue weighted by Gasteiger charge is -2.21.